The second-order valence-electron chi connectivity index (χ2n) is 5.79. The summed E-state index contributed by atoms with van der Waals surface area (Å²) in [6.45, 7) is 2.70. The van der Waals surface area contributed by atoms with Crippen LogP contribution in [0.4, 0.5) is 5.69 Å². The largest absolute Gasteiger partial charge is 0.494 e. The summed E-state index contributed by atoms with van der Waals surface area (Å²) in [7, 11) is 0. The summed E-state index contributed by atoms with van der Waals surface area (Å²) in [5.74, 6) is -0.00743. The van der Waals surface area contributed by atoms with Crippen molar-refractivity contribution in [3.05, 3.63) is 48.6 Å². The zero-order valence-corrected chi connectivity index (χ0v) is 15.2. The van der Waals surface area contributed by atoms with E-state index in [1.807, 2.05) is 19.1 Å². The van der Waals surface area contributed by atoms with Crippen LogP contribution in [0.1, 0.15) is 13.3 Å². The number of ether oxygens (including phenoxy) is 1. The Hall–Kier alpha value is -2.80. The average molecular weight is 369 g/mol. The smallest absolute Gasteiger partial charge is 0.241 e. The van der Waals surface area contributed by atoms with Gasteiger partial charge in [-0.15, -0.1) is 0 Å². The lowest BCUT2D eigenvalue weighted by atomic mass is 9.95. The van der Waals surface area contributed by atoms with Gasteiger partial charge in [0.2, 0.25) is 16.9 Å². The number of benzene rings is 1. The van der Waals surface area contributed by atoms with Gasteiger partial charge in [-0.05, 0) is 49.5 Å². The second-order valence-corrected chi connectivity index (χ2v) is 6.15. The standard InChI is InChI=1S/C19H19N3O3S/c1-2-25-14-9-7-13(8-10-14)20-17(23)11-12-22-18(24)15-5-3-4-6-16(15)21-19(22)26/h3-10,15H,2,11-12H2,1H3,(H,20,23). The quantitative estimate of drug-likeness (QED) is 0.783. The molecule has 1 heterocycles. The first-order valence-corrected chi connectivity index (χ1v) is 8.81. The first kappa shape index (κ1) is 18.0. The predicted octanol–water partition coefficient (Wildman–Crippen LogP) is 2.72. The number of rotatable bonds is 6. The summed E-state index contributed by atoms with van der Waals surface area (Å²) in [5, 5.41) is 3.00. The highest BCUT2D eigenvalue weighted by Crippen LogP contribution is 2.20. The van der Waals surface area contributed by atoms with Crippen molar-refractivity contribution in [2.75, 3.05) is 18.5 Å². The molecule has 1 aromatic rings. The first-order chi connectivity index (χ1) is 12.6. The van der Waals surface area contributed by atoms with Gasteiger partial charge in [0.05, 0.1) is 18.2 Å². The minimum absolute atomic E-state index is 0.135. The summed E-state index contributed by atoms with van der Waals surface area (Å²) in [5.41, 5.74) is 1.32. The van der Waals surface area contributed by atoms with Crippen molar-refractivity contribution in [1.82, 2.24) is 4.90 Å². The number of amides is 2. The van der Waals surface area contributed by atoms with Crippen LogP contribution in [-0.4, -0.2) is 40.7 Å². The van der Waals surface area contributed by atoms with Crippen LogP contribution in [0.5, 0.6) is 5.75 Å². The molecule has 0 saturated heterocycles. The Balaban J connectivity index is 1.56. The molecule has 1 aliphatic carbocycles. The zero-order valence-electron chi connectivity index (χ0n) is 14.3. The molecule has 0 spiro atoms. The van der Waals surface area contributed by atoms with Crippen LogP contribution < -0.4 is 10.1 Å². The van der Waals surface area contributed by atoms with E-state index in [2.05, 4.69) is 10.3 Å². The highest BCUT2D eigenvalue weighted by Gasteiger charge is 2.33. The number of aliphatic imine (C=N–C) groups is 1. The molecule has 1 unspecified atom stereocenters. The summed E-state index contributed by atoms with van der Waals surface area (Å²) >= 11 is 5.21. The van der Waals surface area contributed by atoms with Gasteiger partial charge in [0.1, 0.15) is 5.75 Å². The van der Waals surface area contributed by atoms with E-state index in [0.717, 1.165) is 5.75 Å². The Kier molecular flexibility index (Phi) is 5.58. The number of hydrogen-bond acceptors (Lipinski definition) is 4. The fourth-order valence-electron chi connectivity index (χ4n) is 2.72. The molecule has 3 rings (SSSR count). The van der Waals surface area contributed by atoms with E-state index in [1.165, 1.54) is 4.90 Å². The summed E-state index contributed by atoms with van der Waals surface area (Å²) in [4.78, 5) is 30.4. The number of thiocarbonyl (C=S) groups is 1. The van der Waals surface area contributed by atoms with E-state index in [4.69, 9.17) is 17.0 Å². The Morgan fingerprint density at radius 1 is 1.31 bits per heavy atom. The molecule has 1 atom stereocenters. The molecule has 0 bridgehead atoms. The van der Waals surface area contributed by atoms with E-state index < -0.39 is 5.92 Å². The molecule has 26 heavy (non-hydrogen) atoms. The zero-order chi connectivity index (χ0) is 18.5. The van der Waals surface area contributed by atoms with Gasteiger partial charge in [-0.3, -0.25) is 14.5 Å². The molecule has 2 aliphatic rings. The number of allylic oxidation sites excluding steroid dienone is 3. The summed E-state index contributed by atoms with van der Waals surface area (Å²) in [6, 6.07) is 7.13. The van der Waals surface area contributed by atoms with Gasteiger partial charge in [-0.25, -0.2) is 4.99 Å². The van der Waals surface area contributed by atoms with E-state index in [-0.39, 0.29) is 29.9 Å². The highest BCUT2D eigenvalue weighted by atomic mass is 32.1. The molecular formula is C19H19N3O3S. The van der Waals surface area contributed by atoms with Crippen LogP contribution in [-0.2, 0) is 9.59 Å². The summed E-state index contributed by atoms with van der Waals surface area (Å²) < 4.78 is 5.37. The topological polar surface area (TPSA) is 71.0 Å². The number of carbonyl (C=O) groups excluding carboxylic acids is 2. The predicted molar refractivity (Wildman–Crippen MR) is 104 cm³/mol. The number of nitrogens with zero attached hydrogens (tertiary/aromatic N) is 2. The lowest BCUT2D eigenvalue weighted by molar-refractivity contribution is -0.128. The average Bonchev–Trinajstić information content (AvgIpc) is 2.63. The van der Waals surface area contributed by atoms with Crippen molar-refractivity contribution in [3.63, 3.8) is 0 Å². The molecule has 0 saturated carbocycles. The van der Waals surface area contributed by atoms with Crippen LogP contribution >= 0.6 is 12.2 Å². The molecule has 6 nitrogen and oxygen atoms in total. The molecular weight excluding hydrogens is 350 g/mol. The van der Waals surface area contributed by atoms with Crippen molar-refractivity contribution in [2.45, 2.75) is 13.3 Å². The van der Waals surface area contributed by atoms with Gasteiger partial charge in [-0.1, -0.05) is 18.2 Å². The first-order valence-electron chi connectivity index (χ1n) is 8.40. The van der Waals surface area contributed by atoms with Crippen LogP contribution in [0.2, 0.25) is 0 Å². The highest BCUT2D eigenvalue weighted by molar-refractivity contribution is 7.80. The van der Waals surface area contributed by atoms with Gasteiger partial charge < -0.3 is 10.1 Å². The van der Waals surface area contributed by atoms with Crippen LogP contribution in [0.25, 0.3) is 0 Å². The Morgan fingerprint density at radius 2 is 2.08 bits per heavy atom. The van der Waals surface area contributed by atoms with Gasteiger partial charge in [-0.2, -0.15) is 0 Å². The third-order valence-electron chi connectivity index (χ3n) is 4.00. The lowest BCUT2D eigenvalue weighted by Gasteiger charge is -2.30. The Labute approximate surface area is 157 Å². The van der Waals surface area contributed by atoms with Gasteiger partial charge in [0, 0.05) is 18.7 Å². The maximum Gasteiger partial charge on any atom is 0.241 e. The molecule has 1 N–H and O–H groups in total. The lowest BCUT2D eigenvalue weighted by Crippen LogP contribution is -2.46. The Morgan fingerprint density at radius 3 is 2.81 bits per heavy atom. The van der Waals surface area contributed by atoms with E-state index >= 15 is 0 Å². The van der Waals surface area contributed by atoms with Crippen LogP contribution in [0.3, 0.4) is 0 Å². The molecule has 2 amide bonds. The number of hydrogen-bond donors (Lipinski definition) is 1. The van der Waals surface area contributed by atoms with E-state index in [0.29, 0.717) is 18.0 Å². The molecule has 0 radical (unpaired) electrons. The van der Waals surface area contributed by atoms with Gasteiger partial charge in [0.25, 0.3) is 0 Å². The SMILES string of the molecule is CCOc1ccc(NC(=O)CCN2C(=O)C3C=CC=CC3=NC2=S)cc1. The number of nitrogens with one attached hydrogen (secondary N) is 1. The molecule has 134 valence electrons. The molecule has 1 aliphatic heterocycles. The maximum absolute atomic E-state index is 12.6. The van der Waals surface area contributed by atoms with E-state index in [1.54, 1.807) is 36.4 Å². The van der Waals surface area contributed by atoms with Crippen molar-refractivity contribution < 1.29 is 14.3 Å². The number of carbonyl (C=O) groups is 2. The molecule has 1 aromatic carbocycles. The fourth-order valence-corrected chi connectivity index (χ4v) is 3.01. The fraction of sp³-hybridized carbons (Fsp3) is 0.263. The molecule has 0 fully saturated rings. The minimum Gasteiger partial charge on any atom is -0.494 e. The van der Waals surface area contributed by atoms with Crippen molar-refractivity contribution in [3.8, 4) is 5.75 Å². The normalized spacial score (nSPS) is 18.4. The van der Waals surface area contributed by atoms with Crippen molar-refractivity contribution >= 4 is 40.5 Å². The summed E-state index contributed by atoms with van der Waals surface area (Å²) in [6.07, 6.45) is 7.34. The van der Waals surface area contributed by atoms with Gasteiger partial charge >= 0.3 is 0 Å². The molecule has 7 heteroatoms. The molecule has 0 aromatic heterocycles. The monoisotopic (exact) mass is 369 g/mol. The number of anilines is 1. The van der Waals surface area contributed by atoms with Crippen LogP contribution in [0.15, 0.2) is 53.6 Å². The minimum atomic E-state index is -0.416. The van der Waals surface area contributed by atoms with Crippen molar-refractivity contribution in [2.24, 2.45) is 10.9 Å². The van der Waals surface area contributed by atoms with Crippen molar-refractivity contribution in [1.29, 1.82) is 0 Å². The second kappa shape index (κ2) is 8.05. The van der Waals surface area contributed by atoms with E-state index in [9.17, 15) is 9.59 Å². The maximum atomic E-state index is 12.6. The van der Waals surface area contributed by atoms with Crippen LogP contribution in [0, 0.1) is 5.92 Å². The third kappa shape index (κ3) is 4.05. The van der Waals surface area contributed by atoms with Gasteiger partial charge in [0.15, 0.2) is 0 Å². The Bertz CT molecular complexity index is 812. The third-order valence-corrected chi connectivity index (χ3v) is 4.31. The number of fused-ring (bicyclic) bond motifs is 1.